The van der Waals surface area contributed by atoms with Gasteiger partial charge in [-0.1, -0.05) is 47.5 Å². The Morgan fingerprint density at radius 3 is 2.23 bits per heavy atom. The SMILES string of the molecule is Cc1ccc(S(=O)(=O)Nc2ccc(CN3C[C@@H]4CN(C(=O)c5cccc(Cl)c5)C[C@@H]4C3)cc2)cc1. The number of carbonyl (C=O) groups excluding carboxylic acids is 1. The van der Waals surface area contributed by atoms with Crippen LogP contribution in [0.15, 0.2) is 77.7 Å². The lowest BCUT2D eigenvalue weighted by Crippen LogP contribution is -2.33. The molecule has 0 unspecified atom stereocenters. The number of anilines is 1. The number of sulfonamides is 1. The van der Waals surface area contributed by atoms with Gasteiger partial charge in [0.05, 0.1) is 4.90 Å². The van der Waals surface area contributed by atoms with Gasteiger partial charge in [0.25, 0.3) is 15.9 Å². The summed E-state index contributed by atoms with van der Waals surface area (Å²) in [6, 6.07) is 21.5. The van der Waals surface area contributed by atoms with E-state index in [0.29, 0.717) is 28.1 Å². The van der Waals surface area contributed by atoms with Crippen LogP contribution in [0.3, 0.4) is 0 Å². The number of fused-ring (bicyclic) bond motifs is 1. The van der Waals surface area contributed by atoms with Crippen molar-refractivity contribution in [2.75, 3.05) is 30.9 Å². The van der Waals surface area contributed by atoms with Crippen molar-refractivity contribution >= 4 is 33.2 Å². The van der Waals surface area contributed by atoms with Crippen LogP contribution in [0.1, 0.15) is 21.5 Å². The minimum Gasteiger partial charge on any atom is -0.338 e. The molecule has 2 saturated heterocycles. The van der Waals surface area contributed by atoms with Gasteiger partial charge in [0.2, 0.25) is 0 Å². The number of benzene rings is 3. The average Bonchev–Trinajstić information content (AvgIpc) is 3.39. The summed E-state index contributed by atoms with van der Waals surface area (Å²) in [5.74, 6) is 0.995. The molecule has 182 valence electrons. The van der Waals surface area contributed by atoms with E-state index in [4.69, 9.17) is 11.6 Å². The summed E-state index contributed by atoms with van der Waals surface area (Å²) < 4.78 is 27.9. The summed E-state index contributed by atoms with van der Waals surface area (Å²) in [7, 11) is -3.61. The highest BCUT2D eigenvalue weighted by molar-refractivity contribution is 7.92. The standard InChI is InChI=1S/C27H28ClN3O3S/c1-19-5-11-26(12-6-19)35(33,34)29-25-9-7-20(8-10-25)14-30-15-22-17-31(18-23(22)16-30)27(32)21-3-2-4-24(28)13-21/h2-13,22-23,29H,14-18H2,1H3/t22-,23+. The van der Waals surface area contributed by atoms with Gasteiger partial charge in [0, 0.05) is 49.0 Å². The largest absolute Gasteiger partial charge is 0.338 e. The molecule has 35 heavy (non-hydrogen) atoms. The van der Waals surface area contributed by atoms with Crippen molar-refractivity contribution in [1.82, 2.24) is 9.80 Å². The van der Waals surface area contributed by atoms with Gasteiger partial charge in [-0.15, -0.1) is 0 Å². The average molecular weight is 510 g/mol. The van der Waals surface area contributed by atoms with Crippen LogP contribution in [0.25, 0.3) is 0 Å². The van der Waals surface area contributed by atoms with E-state index in [2.05, 4.69) is 9.62 Å². The minimum absolute atomic E-state index is 0.0529. The van der Waals surface area contributed by atoms with Crippen molar-refractivity contribution in [3.05, 3.63) is 94.5 Å². The van der Waals surface area contributed by atoms with Gasteiger partial charge in [0.15, 0.2) is 0 Å². The van der Waals surface area contributed by atoms with Crippen LogP contribution in [0.5, 0.6) is 0 Å². The molecule has 2 aliphatic heterocycles. The number of likely N-dealkylation sites (tertiary alicyclic amines) is 2. The molecule has 6 nitrogen and oxygen atoms in total. The summed E-state index contributed by atoms with van der Waals surface area (Å²) >= 11 is 6.05. The Balaban J connectivity index is 1.15. The maximum Gasteiger partial charge on any atom is 0.261 e. The van der Waals surface area contributed by atoms with Crippen molar-refractivity contribution in [2.45, 2.75) is 18.4 Å². The van der Waals surface area contributed by atoms with Crippen LogP contribution in [-0.2, 0) is 16.6 Å². The number of nitrogens with one attached hydrogen (secondary N) is 1. The third-order valence-electron chi connectivity index (χ3n) is 6.86. The fraction of sp³-hybridized carbons (Fsp3) is 0.296. The number of amides is 1. The topological polar surface area (TPSA) is 69.7 Å². The van der Waals surface area contributed by atoms with E-state index in [1.54, 1.807) is 36.4 Å². The fourth-order valence-corrected chi connectivity index (χ4v) is 6.31. The maximum absolute atomic E-state index is 12.8. The van der Waals surface area contributed by atoms with Crippen LogP contribution in [-0.4, -0.2) is 50.3 Å². The Hall–Kier alpha value is -2.87. The molecule has 2 fully saturated rings. The zero-order valence-electron chi connectivity index (χ0n) is 19.5. The quantitative estimate of drug-likeness (QED) is 0.525. The Morgan fingerprint density at radius 2 is 1.60 bits per heavy atom. The Morgan fingerprint density at radius 1 is 0.943 bits per heavy atom. The molecule has 0 bridgehead atoms. The second-order valence-corrected chi connectivity index (χ2v) is 11.7. The molecule has 5 rings (SSSR count). The number of aryl methyl sites for hydroxylation is 1. The second-order valence-electron chi connectivity index (χ2n) is 9.55. The molecule has 2 atom stereocenters. The number of halogens is 1. The van der Waals surface area contributed by atoms with E-state index in [-0.39, 0.29) is 10.8 Å². The lowest BCUT2D eigenvalue weighted by Gasteiger charge is -2.22. The monoisotopic (exact) mass is 509 g/mol. The summed E-state index contributed by atoms with van der Waals surface area (Å²) in [4.78, 5) is 17.5. The van der Waals surface area contributed by atoms with E-state index in [0.717, 1.165) is 43.9 Å². The lowest BCUT2D eigenvalue weighted by molar-refractivity contribution is 0.0773. The fourth-order valence-electron chi connectivity index (χ4n) is 5.06. The van der Waals surface area contributed by atoms with Crippen LogP contribution < -0.4 is 4.72 Å². The number of hydrogen-bond donors (Lipinski definition) is 1. The Bertz CT molecular complexity index is 1310. The van der Waals surface area contributed by atoms with Gasteiger partial charge in [-0.2, -0.15) is 0 Å². The first-order valence-corrected chi connectivity index (χ1v) is 13.6. The smallest absolute Gasteiger partial charge is 0.261 e. The molecular formula is C27H28ClN3O3S. The number of nitrogens with zero attached hydrogens (tertiary/aromatic N) is 2. The Kier molecular flexibility index (Phi) is 6.57. The van der Waals surface area contributed by atoms with E-state index in [1.165, 1.54) is 0 Å². The Labute approximate surface area is 211 Å². The molecule has 1 N–H and O–H groups in total. The molecular weight excluding hydrogens is 482 g/mol. The first kappa shape index (κ1) is 23.9. The van der Waals surface area contributed by atoms with E-state index in [9.17, 15) is 13.2 Å². The van der Waals surface area contributed by atoms with Crippen molar-refractivity contribution in [3.8, 4) is 0 Å². The molecule has 0 saturated carbocycles. The van der Waals surface area contributed by atoms with Gasteiger partial charge in [-0.05, 0) is 66.8 Å². The van der Waals surface area contributed by atoms with Gasteiger partial charge in [0.1, 0.15) is 0 Å². The summed E-state index contributed by atoms with van der Waals surface area (Å²) in [6.07, 6.45) is 0. The predicted octanol–water partition coefficient (Wildman–Crippen LogP) is 4.65. The highest BCUT2D eigenvalue weighted by atomic mass is 35.5. The van der Waals surface area contributed by atoms with Crippen molar-refractivity contribution in [3.63, 3.8) is 0 Å². The van der Waals surface area contributed by atoms with Crippen molar-refractivity contribution in [2.24, 2.45) is 11.8 Å². The van der Waals surface area contributed by atoms with Crippen LogP contribution in [0.4, 0.5) is 5.69 Å². The molecule has 2 heterocycles. The molecule has 3 aromatic rings. The molecule has 0 spiro atoms. The molecule has 2 aliphatic rings. The number of hydrogen-bond acceptors (Lipinski definition) is 4. The molecule has 3 aromatic carbocycles. The van der Waals surface area contributed by atoms with Crippen LogP contribution in [0.2, 0.25) is 5.02 Å². The van der Waals surface area contributed by atoms with Gasteiger partial charge in [-0.3, -0.25) is 14.4 Å². The molecule has 0 radical (unpaired) electrons. The third kappa shape index (κ3) is 5.37. The molecule has 1 amide bonds. The van der Waals surface area contributed by atoms with E-state index < -0.39 is 10.0 Å². The van der Waals surface area contributed by atoms with Crippen molar-refractivity contribution in [1.29, 1.82) is 0 Å². The first-order chi connectivity index (χ1) is 16.8. The van der Waals surface area contributed by atoms with Crippen LogP contribution in [0, 0.1) is 18.8 Å². The molecule has 0 aromatic heterocycles. The highest BCUT2D eigenvalue weighted by Gasteiger charge is 2.41. The molecule has 8 heteroatoms. The van der Waals surface area contributed by atoms with Gasteiger partial charge < -0.3 is 4.90 Å². The van der Waals surface area contributed by atoms with Gasteiger partial charge >= 0.3 is 0 Å². The van der Waals surface area contributed by atoms with Crippen molar-refractivity contribution < 1.29 is 13.2 Å². The maximum atomic E-state index is 12.8. The summed E-state index contributed by atoms with van der Waals surface area (Å²) in [5.41, 5.74) is 3.34. The molecule has 0 aliphatic carbocycles. The van der Waals surface area contributed by atoms with Crippen LogP contribution >= 0.6 is 11.6 Å². The first-order valence-electron chi connectivity index (χ1n) is 11.7. The lowest BCUT2D eigenvalue weighted by atomic mass is 10.0. The second kappa shape index (κ2) is 9.64. The zero-order chi connectivity index (χ0) is 24.6. The van der Waals surface area contributed by atoms with E-state index >= 15 is 0 Å². The summed E-state index contributed by atoms with van der Waals surface area (Å²) in [5, 5.41) is 0.579. The van der Waals surface area contributed by atoms with Gasteiger partial charge in [-0.25, -0.2) is 8.42 Å². The van der Waals surface area contributed by atoms with E-state index in [1.807, 2.05) is 48.2 Å². The predicted molar refractivity (Wildman–Crippen MR) is 138 cm³/mol. The summed E-state index contributed by atoms with van der Waals surface area (Å²) in [6.45, 7) is 6.17. The highest BCUT2D eigenvalue weighted by Crippen LogP contribution is 2.33. The minimum atomic E-state index is -3.61. The zero-order valence-corrected chi connectivity index (χ0v) is 21.1. The third-order valence-corrected chi connectivity index (χ3v) is 8.50. The normalized spacial score (nSPS) is 20.1. The number of carbonyl (C=O) groups is 1. The number of rotatable bonds is 6.